The summed E-state index contributed by atoms with van der Waals surface area (Å²) in [4.78, 5) is 2.81. The molecule has 0 N–H and O–H groups in total. The van der Waals surface area contributed by atoms with E-state index in [2.05, 4.69) is 132 Å². The van der Waals surface area contributed by atoms with E-state index in [1.165, 1.54) is 195 Å². The first-order valence-electron chi connectivity index (χ1n) is 22.5. The number of nitrogens with zero attached hydrogens (tertiary/aromatic N) is 1. The Morgan fingerprint density at radius 3 is 0.741 bits per heavy atom. The van der Waals surface area contributed by atoms with Crippen LogP contribution in [-0.2, 0) is 0 Å². The lowest BCUT2D eigenvalue weighted by molar-refractivity contribution is 0.644. The van der Waals surface area contributed by atoms with Crippen molar-refractivity contribution in [2.45, 2.75) is 96.3 Å². The van der Waals surface area contributed by atoms with E-state index in [0.717, 1.165) is 0 Å². The number of hydrogen-bond donors (Lipinski definition) is 0. The third kappa shape index (κ3) is 5.42. The van der Waals surface area contributed by atoms with E-state index in [-0.39, 0.29) is 0 Å². The first-order chi connectivity index (χ1) is 28.8. The zero-order chi connectivity index (χ0) is 38.2. The molecule has 3 aliphatic carbocycles. The monoisotopic (exact) mass is 749 g/mol. The minimum atomic E-state index is 1.19. The maximum absolute atomic E-state index is 2.81. The largest absolute Gasteiger partial charge is 0.307 e. The Morgan fingerprint density at radius 2 is 0.500 bits per heavy atom. The molecule has 0 saturated heterocycles. The zero-order valence-corrected chi connectivity index (χ0v) is 33.7. The first kappa shape index (κ1) is 34.4. The van der Waals surface area contributed by atoms with E-state index in [0.29, 0.717) is 0 Å². The van der Waals surface area contributed by atoms with Crippen LogP contribution in [-0.4, -0.2) is 0 Å². The summed E-state index contributed by atoms with van der Waals surface area (Å²) in [5.74, 6) is 0. The Balaban J connectivity index is 1.42. The van der Waals surface area contributed by atoms with Crippen molar-refractivity contribution in [1.82, 2.24) is 0 Å². The average Bonchev–Trinajstić information content (AvgIpc) is 3.30. The van der Waals surface area contributed by atoms with Gasteiger partial charge in [-0.05, 0) is 162 Å². The molecule has 0 unspecified atom stereocenters. The summed E-state index contributed by atoms with van der Waals surface area (Å²) in [5, 5.41) is 13.3. The summed E-state index contributed by atoms with van der Waals surface area (Å²) in [6.45, 7) is 0. The van der Waals surface area contributed by atoms with Gasteiger partial charge in [0.2, 0.25) is 0 Å². The molecule has 0 atom stereocenters. The van der Waals surface area contributed by atoms with Crippen molar-refractivity contribution in [2.24, 2.45) is 0 Å². The number of hydrogen-bond acceptors (Lipinski definition) is 1. The van der Waals surface area contributed by atoms with E-state index in [9.17, 15) is 0 Å². The summed E-state index contributed by atoms with van der Waals surface area (Å²) in [5.41, 5.74) is 17.3. The van der Waals surface area contributed by atoms with Gasteiger partial charge in [0.15, 0.2) is 0 Å². The lowest BCUT2D eigenvalue weighted by atomic mass is 9.80. The Hall–Kier alpha value is -5.66. The topological polar surface area (TPSA) is 3.24 Å². The fourth-order valence-electron chi connectivity index (χ4n) is 11.8. The number of rotatable bonds is 3. The van der Waals surface area contributed by atoms with Crippen LogP contribution in [0, 0.1) is 0 Å². The molecule has 0 amide bonds. The molecule has 284 valence electrons. The van der Waals surface area contributed by atoms with Crippen LogP contribution in [0.25, 0.3) is 82.4 Å². The van der Waals surface area contributed by atoms with Crippen LogP contribution in [0.15, 0.2) is 127 Å². The normalized spacial score (nSPS) is 17.2. The van der Waals surface area contributed by atoms with Crippen molar-refractivity contribution in [3.63, 3.8) is 0 Å². The summed E-state index contributed by atoms with van der Waals surface area (Å²) >= 11 is 0. The summed E-state index contributed by atoms with van der Waals surface area (Å²) in [6.07, 6.45) is 18.8. The second kappa shape index (κ2) is 14.0. The standard InChI is InChI=1S/C57H51N/c1-7-19-37(20-8-1)43-31-46-52(40-25-13-4-14-26-40)48-33-44(38-21-9-2-10-22-38)35-50-54(42-29-17-6-18-30-42)51-36-45(39-23-11-3-12-24-39)34-49-53(41-27-15-5-16-28-41)47(32-43)55(46)58(56(48)50)57(49)51/h1-3,7-12,19-24,31-36H,4-6,13-18,25-30H2. The quantitative estimate of drug-likeness (QED) is 0.174. The van der Waals surface area contributed by atoms with Crippen LogP contribution in [0.5, 0.6) is 0 Å². The van der Waals surface area contributed by atoms with Gasteiger partial charge in [-0.15, -0.1) is 0 Å². The fourth-order valence-corrected chi connectivity index (χ4v) is 11.8. The van der Waals surface area contributed by atoms with Gasteiger partial charge in [0.25, 0.3) is 0 Å². The van der Waals surface area contributed by atoms with Crippen molar-refractivity contribution in [3.8, 4) is 33.4 Å². The second-order valence-electron chi connectivity index (χ2n) is 17.8. The predicted octanol–water partition coefficient (Wildman–Crippen LogP) is 14.4. The molecule has 0 aromatic heterocycles. The first-order valence-corrected chi connectivity index (χ1v) is 22.5. The van der Waals surface area contributed by atoms with E-state index >= 15 is 0 Å². The molecule has 1 nitrogen and oxygen atoms in total. The molecule has 12 rings (SSSR count). The maximum atomic E-state index is 2.81. The number of benzene rings is 6. The smallest absolute Gasteiger partial charge is 0.0620 e. The molecule has 3 aliphatic heterocycles. The van der Waals surface area contributed by atoms with Gasteiger partial charge in [-0.1, -0.05) is 127 Å². The van der Waals surface area contributed by atoms with Crippen LogP contribution in [0.4, 0.5) is 17.1 Å². The highest BCUT2D eigenvalue weighted by Gasteiger charge is 2.35. The van der Waals surface area contributed by atoms with Gasteiger partial charge in [-0.25, -0.2) is 0 Å². The Bertz CT molecular complexity index is 2610. The molecule has 6 aromatic carbocycles. The van der Waals surface area contributed by atoms with Crippen molar-refractivity contribution >= 4 is 66.1 Å². The van der Waals surface area contributed by atoms with Gasteiger partial charge in [-0.2, -0.15) is 0 Å². The van der Waals surface area contributed by atoms with Crippen LogP contribution in [0.2, 0.25) is 0 Å². The highest BCUT2D eigenvalue weighted by Crippen LogP contribution is 2.53. The molecular weight excluding hydrogens is 699 g/mol. The predicted molar refractivity (Wildman–Crippen MR) is 249 cm³/mol. The van der Waals surface area contributed by atoms with Crippen LogP contribution in [0.3, 0.4) is 0 Å². The van der Waals surface area contributed by atoms with Crippen molar-refractivity contribution in [1.29, 1.82) is 0 Å². The third-order valence-electron chi connectivity index (χ3n) is 14.4. The summed E-state index contributed by atoms with van der Waals surface area (Å²) in [6, 6.07) is 49.3. The van der Waals surface area contributed by atoms with Crippen molar-refractivity contribution in [3.05, 3.63) is 143 Å². The molecule has 3 heterocycles. The van der Waals surface area contributed by atoms with Gasteiger partial charge < -0.3 is 4.90 Å². The minimum Gasteiger partial charge on any atom is -0.307 e. The van der Waals surface area contributed by atoms with Gasteiger partial charge >= 0.3 is 0 Å². The van der Waals surface area contributed by atoms with Gasteiger partial charge in [-0.3, -0.25) is 0 Å². The minimum absolute atomic E-state index is 1.19. The maximum Gasteiger partial charge on any atom is 0.0620 e. The van der Waals surface area contributed by atoms with Crippen molar-refractivity contribution in [2.75, 3.05) is 4.90 Å². The summed E-state index contributed by atoms with van der Waals surface area (Å²) in [7, 11) is 0. The molecule has 3 saturated carbocycles. The highest BCUT2D eigenvalue weighted by atomic mass is 15.2. The molecule has 1 heteroatoms. The van der Waals surface area contributed by atoms with E-state index in [4.69, 9.17) is 0 Å². The SMILES string of the molecule is c1ccc(-c2cc3c4c(c2)c(=C2CCCCC2)c2cc(-c5ccccc5)cc5c2N4c2c(cc(-c4ccccc4)cc2c5=C2CCCCC2)c3=C2CCCCC2)cc1. The van der Waals surface area contributed by atoms with Crippen LogP contribution in [0.1, 0.15) is 96.3 Å². The van der Waals surface area contributed by atoms with Crippen molar-refractivity contribution < 1.29 is 0 Å². The van der Waals surface area contributed by atoms with Gasteiger partial charge in [0.05, 0.1) is 17.1 Å². The molecule has 0 spiro atoms. The fraction of sp³-hybridized carbons (Fsp3) is 0.263. The molecule has 0 radical (unpaired) electrons. The van der Waals surface area contributed by atoms with Gasteiger partial charge in [0, 0.05) is 32.3 Å². The molecular formula is C57H51N. The Labute approximate surface area is 342 Å². The average molecular weight is 750 g/mol. The highest BCUT2D eigenvalue weighted by molar-refractivity contribution is 6.23. The van der Waals surface area contributed by atoms with Crippen LogP contribution >= 0.6 is 0 Å². The Kier molecular flexibility index (Phi) is 8.31. The van der Waals surface area contributed by atoms with E-state index in [1.54, 1.807) is 16.7 Å². The zero-order valence-electron chi connectivity index (χ0n) is 33.7. The molecule has 6 aromatic rings. The number of anilines is 3. The van der Waals surface area contributed by atoms with Gasteiger partial charge in [0.1, 0.15) is 0 Å². The molecule has 3 fully saturated rings. The lowest BCUT2D eigenvalue weighted by Gasteiger charge is -2.39. The van der Waals surface area contributed by atoms with Crippen LogP contribution < -0.4 is 20.6 Å². The molecule has 6 aliphatic rings. The Morgan fingerprint density at radius 1 is 0.259 bits per heavy atom. The molecule has 0 bridgehead atoms. The lowest BCUT2D eigenvalue weighted by Crippen LogP contribution is -2.32. The molecule has 58 heavy (non-hydrogen) atoms. The van der Waals surface area contributed by atoms with E-state index < -0.39 is 0 Å². The second-order valence-corrected chi connectivity index (χ2v) is 17.8. The third-order valence-corrected chi connectivity index (χ3v) is 14.4. The van der Waals surface area contributed by atoms with E-state index in [1.807, 2.05) is 0 Å². The summed E-state index contributed by atoms with van der Waals surface area (Å²) < 4.78 is 0.